The molecule has 1 saturated heterocycles. The standard InChI is InChI=1S/C42H81NO12S/c1-3-5-7-9-11-12-13-14-15-16-17-18-19-20-21-22-23-24-25-27-29-31-36(46)41(49)43-34(35(45)30-28-26-10-8-6-4-2)33-53-42-39(48)40(55-56(50,51)52)38(47)37(32-44)54-42/h19-20,34-40,42,44-48H,3-18,21-33H2,1-2H3,(H,43,49)(H,50,51,52)/b20-19-. The first-order chi connectivity index (χ1) is 26.9. The summed E-state index contributed by atoms with van der Waals surface area (Å²) in [4.78, 5) is 13.0. The number of hydrogen-bond donors (Lipinski definition) is 7. The van der Waals surface area contributed by atoms with Gasteiger partial charge in [0.2, 0.25) is 5.91 Å². The van der Waals surface area contributed by atoms with E-state index in [1.807, 2.05) is 0 Å². The third-order valence-corrected chi connectivity index (χ3v) is 11.1. The highest BCUT2D eigenvalue weighted by atomic mass is 32.3. The van der Waals surface area contributed by atoms with Crippen molar-refractivity contribution in [2.75, 3.05) is 13.2 Å². The fourth-order valence-corrected chi connectivity index (χ4v) is 7.61. The maximum Gasteiger partial charge on any atom is 0.397 e. The number of aliphatic hydroxyl groups excluding tert-OH is 5. The molecule has 1 rings (SSSR count). The van der Waals surface area contributed by atoms with E-state index in [1.165, 1.54) is 77.0 Å². The zero-order chi connectivity index (χ0) is 41.4. The van der Waals surface area contributed by atoms with Gasteiger partial charge < -0.3 is 40.3 Å². The summed E-state index contributed by atoms with van der Waals surface area (Å²) in [5, 5.41) is 54.9. The molecular weight excluding hydrogens is 743 g/mol. The molecule has 56 heavy (non-hydrogen) atoms. The zero-order valence-electron chi connectivity index (χ0n) is 34.8. The van der Waals surface area contributed by atoms with Crippen molar-refractivity contribution in [3.05, 3.63) is 12.2 Å². The highest BCUT2D eigenvalue weighted by Crippen LogP contribution is 2.26. The summed E-state index contributed by atoms with van der Waals surface area (Å²) in [7, 11) is -5.10. The van der Waals surface area contributed by atoms with E-state index in [4.69, 9.17) is 14.0 Å². The lowest BCUT2D eigenvalue weighted by atomic mass is 9.99. The monoisotopic (exact) mass is 824 g/mol. The molecule has 1 fully saturated rings. The predicted octanol–water partition coefficient (Wildman–Crippen LogP) is 6.97. The Kier molecular flexibility index (Phi) is 31.7. The maximum absolute atomic E-state index is 13.0. The van der Waals surface area contributed by atoms with Gasteiger partial charge in [0.1, 0.15) is 30.5 Å². The van der Waals surface area contributed by atoms with Crippen LogP contribution in [0.1, 0.15) is 187 Å². The van der Waals surface area contributed by atoms with Gasteiger partial charge in [-0.3, -0.25) is 9.35 Å². The first-order valence-corrected chi connectivity index (χ1v) is 23.5. The lowest BCUT2D eigenvalue weighted by Gasteiger charge is -2.41. The molecule has 0 spiro atoms. The summed E-state index contributed by atoms with van der Waals surface area (Å²) in [6.45, 7) is 3.18. The van der Waals surface area contributed by atoms with Gasteiger partial charge >= 0.3 is 10.4 Å². The minimum atomic E-state index is -5.10. The molecule has 1 heterocycles. The quantitative estimate of drug-likeness (QED) is 0.0192. The molecule has 1 amide bonds. The van der Waals surface area contributed by atoms with E-state index in [0.29, 0.717) is 19.3 Å². The first kappa shape index (κ1) is 52.8. The van der Waals surface area contributed by atoms with Crippen LogP contribution in [0.4, 0.5) is 0 Å². The van der Waals surface area contributed by atoms with Gasteiger partial charge in [0.25, 0.3) is 0 Å². The van der Waals surface area contributed by atoms with Crippen molar-refractivity contribution in [1.82, 2.24) is 5.32 Å². The highest BCUT2D eigenvalue weighted by Gasteiger charge is 2.48. The van der Waals surface area contributed by atoms with E-state index >= 15 is 0 Å². The molecule has 13 nitrogen and oxygen atoms in total. The molecule has 1 aliphatic rings. The molecule has 0 aromatic rings. The van der Waals surface area contributed by atoms with Crippen LogP contribution in [0.2, 0.25) is 0 Å². The van der Waals surface area contributed by atoms with Gasteiger partial charge in [-0.25, -0.2) is 4.18 Å². The zero-order valence-corrected chi connectivity index (χ0v) is 35.6. The van der Waals surface area contributed by atoms with Crippen molar-refractivity contribution in [1.29, 1.82) is 0 Å². The van der Waals surface area contributed by atoms with Gasteiger partial charge in [0, 0.05) is 0 Å². The van der Waals surface area contributed by atoms with Crippen molar-refractivity contribution >= 4 is 16.3 Å². The molecule has 7 N–H and O–H groups in total. The fourth-order valence-electron chi connectivity index (χ4n) is 7.11. The summed E-state index contributed by atoms with van der Waals surface area (Å²) < 4.78 is 47.3. The molecular formula is C42H81NO12S. The molecule has 0 bridgehead atoms. The van der Waals surface area contributed by atoms with E-state index in [0.717, 1.165) is 70.6 Å². The lowest BCUT2D eigenvalue weighted by molar-refractivity contribution is -0.298. The van der Waals surface area contributed by atoms with Crippen molar-refractivity contribution < 1.29 is 57.0 Å². The molecule has 0 aromatic carbocycles. The lowest BCUT2D eigenvalue weighted by Crippen LogP contribution is -2.61. The van der Waals surface area contributed by atoms with E-state index in [2.05, 4.69) is 35.5 Å². The number of unbranched alkanes of at least 4 members (excludes halogenated alkanes) is 22. The van der Waals surface area contributed by atoms with E-state index in [-0.39, 0.29) is 6.42 Å². The number of nitrogens with one attached hydrogen (secondary N) is 1. The average Bonchev–Trinajstić information content (AvgIpc) is 3.16. The molecule has 0 saturated carbocycles. The minimum Gasteiger partial charge on any atom is -0.394 e. The van der Waals surface area contributed by atoms with Crippen molar-refractivity contribution in [2.24, 2.45) is 0 Å². The number of ether oxygens (including phenoxy) is 2. The smallest absolute Gasteiger partial charge is 0.394 e. The number of carbonyl (C=O) groups is 1. The van der Waals surface area contributed by atoms with Gasteiger partial charge in [0.15, 0.2) is 6.29 Å². The Morgan fingerprint density at radius 2 is 1.14 bits per heavy atom. The summed E-state index contributed by atoms with van der Waals surface area (Å²) in [5.74, 6) is -0.679. The van der Waals surface area contributed by atoms with E-state index < -0.39 is 78.5 Å². The second-order valence-electron chi connectivity index (χ2n) is 15.8. The van der Waals surface area contributed by atoms with Crippen LogP contribution in [0.5, 0.6) is 0 Å². The van der Waals surface area contributed by atoms with Gasteiger partial charge in [-0.05, 0) is 38.5 Å². The summed E-state index contributed by atoms with van der Waals surface area (Å²) in [6, 6.07) is -1.03. The number of allylic oxidation sites excluding steroid dienone is 2. The number of amides is 1. The Morgan fingerprint density at radius 3 is 1.61 bits per heavy atom. The van der Waals surface area contributed by atoms with Crippen LogP contribution in [0.3, 0.4) is 0 Å². The molecule has 0 aliphatic carbocycles. The van der Waals surface area contributed by atoms with Crippen LogP contribution in [0.25, 0.3) is 0 Å². The van der Waals surface area contributed by atoms with Crippen LogP contribution in [0, 0.1) is 0 Å². The normalized spacial score (nSPS) is 22.0. The first-order valence-electron chi connectivity index (χ1n) is 22.2. The van der Waals surface area contributed by atoms with Crippen LogP contribution < -0.4 is 5.32 Å². The second-order valence-corrected chi connectivity index (χ2v) is 16.8. The number of rotatable bonds is 37. The SMILES string of the molecule is CCCCCCCCCCCCC/C=C\CCCCCCCCC(O)C(=O)NC(COC1OC(CO)C(O)C(OS(=O)(=O)O)C1O)C(O)CCCCCCCC. The van der Waals surface area contributed by atoms with Crippen LogP contribution in [0.15, 0.2) is 12.2 Å². The van der Waals surface area contributed by atoms with Crippen molar-refractivity contribution in [3.8, 4) is 0 Å². The predicted molar refractivity (Wildman–Crippen MR) is 219 cm³/mol. The summed E-state index contributed by atoms with van der Waals surface area (Å²) >= 11 is 0. The molecule has 8 unspecified atom stereocenters. The van der Waals surface area contributed by atoms with Gasteiger partial charge in [-0.15, -0.1) is 0 Å². The fraction of sp³-hybridized carbons (Fsp3) is 0.929. The van der Waals surface area contributed by atoms with Gasteiger partial charge in [-0.2, -0.15) is 8.42 Å². The Bertz CT molecular complexity index is 1080. The Hall–Kier alpha value is -1.20. The number of carbonyl (C=O) groups excluding carboxylic acids is 1. The summed E-state index contributed by atoms with van der Waals surface area (Å²) in [6.07, 6.45) is 23.2. The molecule has 332 valence electrons. The van der Waals surface area contributed by atoms with Crippen molar-refractivity contribution in [3.63, 3.8) is 0 Å². The molecule has 8 atom stereocenters. The van der Waals surface area contributed by atoms with Crippen LogP contribution >= 0.6 is 0 Å². The average molecular weight is 824 g/mol. The molecule has 0 radical (unpaired) electrons. The second kappa shape index (κ2) is 33.6. The molecule has 14 heteroatoms. The minimum absolute atomic E-state index is 0.254. The Morgan fingerprint density at radius 1 is 0.696 bits per heavy atom. The molecule has 1 aliphatic heterocycles. The van der Waals surface area contributed by atoms with E-state index in [9.17, 15) is 38.7 Å². The number of hydrogen-bond acceptors (Lipinski definition) is 11. The van der Waals surface area contributed by atoms with Crippen LogP contribution in [-0.2, 0) is 28.9 Å². The summed E-state index contributed by atoms with van der Waals surface area (Å²) in [5.41, 5.74) is 0. The van der Waals surface area contributed by atoms with Gasteiger partial charge in [-0.1, -0.05) is 161 Å². The maximum atomic E-state index is 13.0. The largest absolute Gasteiger partial charge is 0.397 e. The van der Waals surface area contributed by atoms with Crippen molar-refractivity contribution in [2.45, 2.75) is 236 Å². The Balaban J connectivity index is 2.41. The van der Waals surface area contributed by atoms with Crippen LogP contribution in [-0.4, -0.2) is 107 Å². The Labute approximate surface area is 339 Å². The topological polar surface area (TPSA) is 212 Å². The number of aliphatic hydroxyl groups is 5. The van der Waals surface area contributed by atoms with E-state index in [1.54, 1.807) is 0 Å². The third kappa shape index (κ3) is 26.0. The highest BCUT2D eigenvalue weighted by molar-refractivity contribution is 7.80. The van der Waals surface area contributed by atoms with Gasteiger partial charge in [0.05, 0.1) is 25.4 Å². The third-order valence-electron chi connectivity index (χ3n) is 10.7. The molecule has 0 aromatic heterocycles.